The molecule has 1 aromatic heterocycles. The third-order valence-electron chi connectivity index (χ3n) is 4.56. The first-order valence-electron chi connectivity index (χ1n) is 6.61. The molecule has 0 radical (unpaired) electrons. The van der Waals surface area contributed by atoms with E-state index in [2.05, 4.69) is 10.2 Å². The maximum atomic E-state index is 12.3. The highest BCUT2D eigenvalue weighted by Gasteiger charge is 2.40. The van der Waals surface area contributed by atoms with E-state index in [9.17, 15) is 8.42 Å². The zero-order valence-electron chi connectivity index (χ0n) is 10.4. The number of piperidine rings is 1. The number of rotatable bonds is 2. The summed E-state index contributed by atoms with van der Waals surface area (Å²) in [5, 5.41) is 6.29. The lowest BCUT2D eigenvalue weighted by atomic mass is 9.78. The average Bonchev–Trinajstić information content (AvgIpc) is 3.01. The molecule has 0 bridgehead atoms. The van der Waals surface area contributed by atoms with Crippen molar-refractivity contribution in [2.45, 2.75) is 43.4 Å². The summed E-state index contributed by atoms with van der Waals surface area (Å²) >= 11 is 0. The minimum Gasteiger partial charge on any atom is -0.284 e. The van der Waals surface area contributed by atoms with Gasteiger partial charge in [-0.15, -0.1) is 0 Å². The van der Waals surface area contributed by atoms with Gasteiger partial charge in [0.2, 0.25) is 10.0 Å². The van der Waals surface area contributed by atoms with Crippen molar-refractivity contribution in [3.05, 3.63) is 12.4 Å². The molecular formula is C12H19N3O2S. The van der Waals surface area contributed by atoms with Gasteiger partial charge in [-0.25, -0.2) is 8.42 Å². The van der Waals surface area contributed by atoms with Crippen molar-refractivity contribution in [3.8, 4) is 0 Å². The van der Waals surface area contributed by atoms with Crippen LogP contribution in [0.1, 0.15) is 38.5 Å². The molecule has 1 spiro atoms. The van der Waals surface area contributed by atoms with Crippen molar-refractivity contribution in [2.75, 3.05) is 13.1 Å². The summed E-state index contributed by atoms with van der Waals surface area (Å²) < 4.78 is 26.2. The smallest absolute Gasteiger partial charge is 0.246 e. The van der Waals surface area contributed by atoms with Crippen LogP contribution >= 0.6 is 0 Å². The first-order valence-corrected chi connectivity index (χ1v) is 8.05. The predicted octanol–water partition coefficient (Wildman–Crippen LogP) is 1.75. The van der Waals surface area contributed by atoms with Crippen molar-refractivity contribution < 1.29 is 8.42 Å². The summed E-state index contributed by atoms with van der Waals surface area (Å²) in [6, 6.07) is 0. The number of aromatic nitrogens is 2. The van der Waals surface area contributed by atoms with Crippen molar-refractivity contribution in [3.63, 3.8) is 0 Å². The Bertz CT molecular complexity index is 493. The second-order valence-electron chi connectivity index (χ2n) is 5.55. The number of hydrogen-bond donors (Lipinski definition) is 1. The van der Waals surface area contributed by atoms with Crippen LogP contribution in [0.2, 0.25) is 0 Å². The number of sulfonamides is 1. The topological polar surface area (TPSA) is 66.1 Å². The number of hydrogen-bond acceptors (Lipinski definition) is 3. The summed E-state index contributed by atoms with van der Waals surface area (Å²) in [5.41, 5.74) is 0.447. The van der Waals surface area contributed by atoms with Gasteiger partial charge in [-0.2, -0.15) is 9.40 Å². The summed E-state index contributed by atoms with van der Waals surface area (Å²) in [6.07, 6.45) is 10.1. The van der Waals surface area contributed by atoms with Crippen LogP contribution in [-0.2, 0) is 10.0 Å². The average molecular weight is 269 g/mol. The molecule has 0 aromatic carbocycles. The minimum absolute atomic E-state index is 0.282. The summed E-state index contributed by atoms with van der Waals surface area (Å²) in [5.74, 6) is 0. The van der Waals surface area contributed by atoms with Gasteiger partial charge in [0.25, 0.3) is 0 Å². The molecule has 5 nitrogen and oxygen atoms in total. The molecule has 1 N–H and O–H groups in total. The molecule has 1 saturated carbocycles. The van der Waals surface area contributed by atoms with E-state index in [1.54, 1.807) is 4.31 Å². The van der Waals surface area contributed by atoms with E-state index in [1.165, 1.54) is 38.1 Å². The lowest BCUT2D eigenvalue weighted by Gasteiger charge is -2.38. The van der Waals surface area contributed by atoms with Crippen LogP contribution in [0.5, 0.6) is 0 Å². The van der Waals surface area contributed by atoms with E-state index in [1.807, 2.05) is 0 Å². The van der Waals surface area contributed by atoms with Crippen LogP contribution in [0.25, 0.3) is 0 Å². The fraction of sp³-hybridized carbons (Fsp3) is 0.750. The van der Waals surface area contributed by atoms with Gasteiger partial charge in [-0.05, 0) is 31.1 Å². The van der Waals surface area contributed by atoms with Crippen LogP contribution in [0, 0.1) is 5.41 Å². The molecule has 2 heterocycles. The van der Waals surface area contributed by atoms with E-state index in [0.29, 0.717) is 18.5 Å². The zero-order valence-corrected chi connectivity index (χ0v) is 11.2. The van der Waals surface area contributed by atoms with Crippen LogP contribution in [0.4, 0.5) is 0 Å². The second-order valence-corrected chi connectivity index (χ2v) is 7.48. The lowest BCUT2D eigenvalue weighted by molar-refractivity contribution is 0.160. The Labute approximate surface area is 108 Å². The SMILES string of the molecule is O=S(=O)(c1cn[nH]c1)N1CCC2(CCCC2)CC1. The minimum atomic E-state index is -3.33. The second kappa shape index (κ2) is 4.35. The summed E-state index contributed by atoms with van der Waals surface area (Å²) in [7, 11) is -3.33. The van der Waals surface area contributed by atoms with Crippen LogP contribution in [-0.4, -0.2) is 36.0 Å². The highest BCUT2D eigenvalue weighted by Crippen LogP contribution is 2.46. The summed E-state index contributed by atoms with van der Waals surface area (Å²) in [6.45, 7) is 1.32. The van der Waals surface area contributed by atoms with Gasteiger partial charge in [-0.3, -0.25) is 5.10 Å². The van der Waals surface area contributed by atoms with E-state index in [4.69, 9.17) is 0 Å². The Morgan fingerprint density at radius 1 is 1.17 bits per heavy atom. The van der Waals surface area contributed by atoms with Gasteiger partial charge in [0.15, 0.2) is 0 Å². The van der Waals surface area contributed by atoms with Gasteiger partial charge >= 0.3 is 0 Å². The Morgan fingerprint density at radius 2 is 1.83 bits per heavy atom. The molecule has 0 atom stereocenters. The Morgan fingerprint density at radius 3 is 2.39 bits per heavy atom. The normalized spacial score (nSPS) is 24.7. The first-order chi connectivity index (χ1) is 8.62. The largest absolute Gasteiger partial charge is 0.284 e. The molecule has 6 heteroatoms. The molecule has 1 aromatic rings. The maximum absolute atomic E-state index is 12.3. The van der Waals surface area contributed by atoms with Gasteiger partial charge < -0.3 is 0 Å². The molecule has 1 aliphatic heterocycles. The van der Waals surface area contributed by atoms with Gasteiger partial charge in [-0.1, -0.05) is 12.8 Å². The maximum Gasteiger partial charge on any atom is 0.246 e. The highest BCUT2D eigenvalue weighted by atomic mass is 32.2. The Kier molecular flexibility index (Phi) is 2.94. The van der Waals surface area contributed by atoms with Gasteiger partial charge in [0, 0.05) is 19.3 Å². The molecule has 18 heavy (non-hydrogen) atoms. The van der Waals surface area contributed by atoms with E-state index < -0.39 is 10.0 Å². The standard InChI is InChI=1S/C12H19N3O2S/c16-18(17,11-9-13-14-10-11)15-7-5-12(6-8-15)3-1-2-4-12/h9-10H,1-8H2,(H,13,14). The molecule has 0 amide bonds. The fourth-order valence-corrected chi connectivity index (χ4v) is 4.70. The van der Waals surface area contributed by atoms with Gasteiger partial charge in [0.05, 0.1) is 6.20 Å². The van der Waals surface area contributed by atoms with Crippen LogP contribution in [0.15, 0.2) is 17.3 Å². The third kappa shape index (κ3) is 1.97. The zero-order chi connectivity index (χ0) is 12.6. The monoisotopic (exact) mass is 269 g/mol. The molecule has 2 aliphatic rings. The molecule has 1 saturated heterocycles. The summed E-state index contributed by atoms with van der Waals surface area (Å²) in [4.78, 5) is 0.282. The fourth-order valence-electron chi connectivity index (χ4n) is 3.36. The quantitative estimate of drug-likeness (QED) is 0.889. The number of nitrogens with one attached hydrogen (secondary N) is 1. The van der Waals surface area contributed by atoms with E-state index in [-0.39, 0.29) is 4.90 Å². The van der Waals surface area contributed by atoms with Crippen molar-refractivity contribution in [1.29, 1.82) is 0 Å². The van der Waals surface area contributed by atoms with Crippen molar-refractivity contribution in [2.24, 2.45) is 5.41 Å². The Hall–Kier alpha value is -0.880. The number of nitrogens with zero attached hydrogens (tertiary/aromatic N) is 2. The van der Waals surface area contributed by atoms with E-state index >= 15 is 0 Å². The predicted molar refractivity (Wildman–Crippen MR) is 67.5 cm³/mol. The molecule has 2 fully saturated rings. The van der Waals surface area contributed by atoms with Crippen molar-refractivity contribution >= 4 is 10.0 Å². The Balaban J connectivity index is 1.73. The van der Waals surface area contributed by atoms with Gasteiger partial charge in [0.1, 0.15) is 4.90 Å². The number of aromatic amines is 1. The highest BCUT2D eigenvalue weighted by molar-refractivity contribution is 7.89. The van der Waals surface area contributed by atoms with Crippen molar-refractivity contribution in [1.82, 2.24) is 14.5 Å². The molecule has 1 aliphatic carbocycles. The van der Waals surface area contributed by atoms with Crippen LogP contribution in [0.3, 0.4) is 0 Å². The van der Waals surface area contributed by atoms with Crippen LogP contribution < -0.4 is 0 Å². The molecule has 3 rings (SSSR count). The molecular weight excluding hydrogens is 250 g/mol. The molecule has 0 unspecified atom stereocenters. The number of H-pyrrole nitrogens is 1. The lowest BCUT2D eigenvalue weighted by Crippen LogP contribution is -2.42. The van der Waals surface area contributed by atoms with E-state index in [0.717, 1.165) is 12.8 Å². The molecule has 100 valence electrons. The first kappa shape index (κ1) is 12.2. The third-order valence-corrected chi connectivity index (χ3v) is 6.42.